The van der Waals surface area contributed by atoms with E-state index in [0.29, 0.717) is 22.7 Å². The minimum Gasteiger partial charge on any atom is -0.493 e. The van der Waals surface area contributed by atoms with Crippen LogP contribution in [-0.2, 0) is 4.79 Å². The van der Waals surface area contributed by atoms with Gasteiger partial charge in [0.2, 0.25) is 0 Å². The topological polar surface area (TPSA) is 67.9 Å². The van der Waals surface area contributed by atoms with E-state index in [1.807, 2.05) is 17.0 Å². The lowest BCUT2D eigenvalue weighted by molar-refractivity contribution is -0.118. The summed E-state index contributed by atoms with van der Waals surface area (Å²) < 4.78 is 10.7. The first-order valence-corrected chi connectivity index (χ1v) is 8.62. The molecule has 2 aromatic rings. The number of carbonyl (C=O) groups excluding carboxylic acids is 2. The highest BCUT2D eigenvalue weighted by Gasteiger charge is 2.19. The zero-order valence-electron chi connectivity index (χ0n) is 14.7. The van der Waals surface area contributed by atoms with Gasteiger partial charge in [0, 0.05) is 24.3 Å². The molecule has 2 amide bonds. The van der Waals surface area contributed by atoms with E-state index in [1.54, 1.807) is 43.5 Å². The molecule has 3 rings (SSSR count). The Morgan fingerprint density at radius 1 is 1.00 bits per heavy atom. The van der Waals surface area contributed by atoms with Crippen LogP contribution in [0.5, 0.6) is 11.5 Å². The van der Waals surface area contributed by atoms with Crippen LogP contribution in [0.3, 0.4) is 0 Å². The summed E-state index contributed by atoms with van der Waals surface area (Å²) in [5, 5.41) is 2.76. The lowest BCUT2D eigenvalue weighted by Gasteiger charge is -2.15. The molecular weight excluding hydrogens is 332 g/mol. The van der Waals surface area contributed by atoms with Gasteiger partial charge in [-0.3, -0.25) is 9.59 Å². The smallest absolute Gasteiger partial charge is 0.262 e. The van der Waals surface area contributed by atoms with E-state index in [-0.39, 0.29) is 18.4 Å². The summed E-state index contributed by atoms with van der Waals surface area (Å²) in [5.41, 5.74) is 1.26. The Labute approximate surface area is 152 Å². The molecule has 1 heterocycles. The van der Waals surface area contributed by atoms with Gasteiger partial charge >= 0.3 is 0 Å². The maximum Gasteiger partial charge on any atom is 0.262 e. The van der Waals surface area contributed by atoms with Crippen LogP contribution in [0.2, 0.25) is 0 Å². The summed E-state index contributed by atoms with van der Waals surface area (Å²) in [6.07, 6.45) is 2.12. The zero-order chi connectivity index (χ0) is 18.4. The van der Waals surface area contributed by atoms with E-state index in [0.717, 1.165) is 25.9 Å². The Morgan fingerprint density at radius 3 is 2.31 bits per heavy atom. The van der Waals surface area contributed by atoms with Crippen LogP contribution in [0.4, 0.5) is 5.69 Å². The zero-order valence-corrected chi connectivity index (χ0v) is 14.7. The predicted octanol–water partition coefficient (Wildman–Crippen LogP) is 2.95. The number of likely N-dealkylation sites (tertiary alicyclic amines) is 1. The average Bonchev–Trinajstić information content (AvgIpc) is 3.21. The van der Waals surface area contributed by atoms with Crippen molar-refractivity contribution in [2.75, 3.05) is 32.1 Å². The van der Waals surface area contributed by atoms with E-state index >= 15 is 0 Å². The first-order valence-electron chi connectivity index (χ1n) is 8.62. The number of anilines is 1. The van der Waals surface area contributed by atoms with Crippen LogP contribution in [-0.4, -0.2) is 43.5 Å². The number of nitrogens with zero attached hydrogens (tertiary/aromatic N) is 1. The molecule has 2 aromatic carbocycles. The molecule has 1 aliphatic rings. The van der Waals surface area contributed by atoms with E-state index in [1.165, 1.54) is 0 Å². The number of benzene rings is 2. The van der Waals surface area contributed by atoms with Gasteiger partial charge in [-0.15, -0.1) is 0 Å². The van der Waals surface area contributed by atoms with Gasteiger partial charge in [0.15, 0.2) is 18.1 Å². The summed E-state index contributed by atoms with van der Waals surface area (Å²) >= 11 is 0. The standard InChI is InChI=1S/C20H22N2O4/c1-25-17-6-2-3-7-18(17)26-14-19(23)21-16-10-8-15(9-11-16)20(24)22-12-4-5-13-22/h2-3,6-11H,4-5,12-14H2,1H3,(H,21,23). The number of hydrogen-bond acceptors (Lipinski definition) is 4. The molecule has 0 saturated carbocycles. The number of nitrogens with one attached hydrogen (secondary N) is 1. The van der Waals surface area contributed by atoms with Crippen LogP contribution >= 0.6 is 0 Å². The third-order valence-corrected chi connectivity index (χ3v) is 4.24. The molecule has 1 N–H and O–H groups in total. The highest BCUT2D eigenvalue weighted by molar-refractivity contribution is 5.96. The van der Waals surface area contributed by atoms with E-state index in [9.17, 15) is 9.59 Å². The van der Waals surface area contributed by atoms with Crippen molar-refractivity contribution in [3.63, 3.8) is 0 Å². The first kappa shape index (κ1) is 17.8. The van der Waals surface area contributed by atoms with Crippen molar-refractivity contribution in [3.8, 4) is 11.5 Å². The van der Waals surface area contributed by atoms with Crippen molar-refractivity contribution in [1.82, 2.24) is 4.90 Å². The predicted molar refractivity (Wildman–Crippen MR) is 98.7 cm³/mol. The summed E-state index contributed by atoms with van der Waals surface area (Å²) in [6.45, 7) is 1.50. The molecule has 0 aliphatic carbocycles. The van der Waals surface area contributed by atoms with Gasteiger partial charge < -0.3 is 19.7 Å². The van der Waals surface area contributed by atoms with Crippen molar-refractivity contribution in [3.05, 3.63) is 54.1 Å². The van der Waals surface area contributed by atoms with Crippen molar-refractivity contribution in [2.45, 2.75) is 12.8 Å². The summed E-state index contributed by atoms with van der Waals surface area (Å²) in [5.74, 6) is 0.844. The quantitative estimate of drug-likeness (QED) is 0.866. The monoisotopic (exact) mass is 354 g/mol. The Kier molecular flexibility index (Phi) is 5.73. The Balaban J connectivity index is 1.53. The molecule has 136 valence electrons. The highest BCUT2D eigenvalue weighted by Crippen LogP contribution is 2.25. The van der Waals surface area contributed by atoms with Crippen LogP contribution < -0.4 is 14.8 Å². The fraction of sp³-hybridized carbons (Fsp3) is 0.300. The van der Waals surface area contributed by atoms with E-state index in [2.05, 4.69) is 5.32 Å². The lowest BCUT2D eigenvalue weighted by Crippen LogP contribution is -2.27. The van der Waals surface area contributed by atoms with Crippen LogP contribution in [0, 0.1) is 0 Å². The van der Waals surface area contributed by atoms with E-state index < -0.39 is 0 Å². The fourth-order valence-corrected chi connectivity index (χ4v) is 2.88. The molecule has 6 nitrogen and oxygen atoms in total. The van der Waals surface area contributed by atoms with Gasteiger partial charge in [0.25, 0.3) is 11.8 Å². The molecule has 0 bridgehead atoms. The molecular formula is C20H22N2O4. The molecule has 26 heavy (non-hydrogen) atoms. The van der Waals surface area contributed by atoms with Gasteiger partial charge in [0.05, 0.1) is 7.11 Å². The number of amides is 2. The van der Waals surface area contributed by atoms with Crippen molar-refractivity contribution < 1.29 is 19.1 Å². The van der Waals surface area contributed by atoms with Gasteiger partial charge in [-0.25, -0.2) is 0 Å². The molecule has 0 aromatic heterocycles. The van der Waals surface area contributed by atoms with Gasteiger partial charge in [-0.1, -0.05) is 12.1 Å². The Hall–Kier alpha value is -3.02. The highest BCUT2D eigenvalue weighted by atomic mass is 16.5. The second-order valence-corrected chi connectivity index (χ2v) is 6.06. The van der Waals surface area contributed by atoms with E-state index in [4.69, 9.17) is 9.47 Å². The molecule has 0 spiro atoms. The van der Waals surface area contributed by atoms with Crippen LogP contribution in [0.25, 0.3) is 0 Å². The largest absolute Gasteiger partial charge is 0.493 e. The van der Waals surface area contributed by atoms with Crippen molar-refractivity contribution in [2.24, 2.45) is 0 Å². The van der Waals surface area contributed by atoms with Crippen molar-refractivity contribution in [1.29, 1.82) is 0 Å². The number of rotatable bonds is 6. The third-order valence-electron chi connectivity index (χ3n) is 4.24. The van der Waals surface area contributed by atoms with Crippen LogP contribution in [0.1, 0.15) is 23.2 Å². The Bertz CT molecular complexity index is 768. The molecule has 1 fully saturated rings. The molecule has 1 aliphatic heterocycles. The molecule has 6 heteroatoms. The summed E-state index contributed by atoms with van der Waals surface area (Å²) in [6, 6.07) is 14.1. The normalized spacial score (nSPS) is 13.3. The molecule has 0 radical (unpaired) electrons. The number of para-hydroxylation sites is 2. The lowest BCUT2D eigenvalue weighted by atomic mass is 10.2. The first-order chi connectivity index (χ1) is 12.7. The SMILES string of the molecule is COc1ccccc1OCC(=O)Nc1ccc(C(=O)N2CCCC2)cc1. The number of carbonyl (C=O) groups is 2. The number of ether oxygens (including phenoxy) is 2. The van der Waals surface area contributed by atoms with Gasteiger partial charge in [-0.05, 0) is 49.2 Å². The molecule has 1 saturated heterocycles. The maximum atomic E-state index is 12.3. The second-order valence-electron chi connectivity index (χ2n) is 6.06. The average molecular weight is 354 g/mol. The van der Waals surface area contributed by atoms with Crippen LogP contribution in [0.15, 0.2) is 48.5 Å². The van der Waals surface area contributed by atoms with Crippen molar-refractivity contribution >= 4 is 17.5 Å². The number of hydrogen-bond donors (Lipinski definition) is 1. The second kappa shape index (κ2) is 8.38. The Morgan fingerprint density at radius 2 is 1.65 bits per heavy atom. The fourth-order valence-electron chi connectivity index (χ4n) is 2.88. The maximum absolute atomic E-state index is 12.3. The molecule has 0 atom stereocenters. The summed E-state index contributed by atoms with van der Waals surface area (Å²) in [7, 11) is 1.55. The minimum absolute atomic E-state index is 0.0416. The van der Waals surface area contributed by atoms with Gasteiger partial charge in [0.1, 0.15) is 0 Å². The third kappa shape index (κ3) is 4.33. The van der Waals surface area contributed by atoms with Gasteiger partial charge in [-0.2, -0.15) is 0 Å². The summed E-state index contributed by atoms with van der Waals surface area (Å²) in [4.78, 5) is 26.2. The minimum atomic E-state index is -0.283. The molecule has 0 unspecified atom stereocenters. The number of methoxy groups -OCH3 is 1.